The summed E-state index contributed by atoms with van der Waals surface area (Å²) in [6, 6.07) is 72.7. The smallest absolute Gasteiger partial charge is 0.101 e. The second-order valence-electron chi connectivity index (χ2n) is 15.9. The van der Waals surface area contributed by atoms with Crippen molar-refractivity contribution in [3.63, 3.8) is 0 Å². The zero-order chi connectivity index (χ0) is 41.1. The molecule has 13 aromatic rings. The highest BCUT2D eigenvalue weighted by Gasteiger charge is 2.26. The van der Waals surface area contributed by atoms with E-state index in [2.05, 4.69) is 194 Å². The van der Waals surface area contributed by atoms with E-state index in [-0.39, 0.29) is 0 Å². The molecule has 0 unspecified atom stereocenters. The lowest BCUT2D eigenvalue weighted by Crippen LogP contribution is -2.06. The van der Waals surface area contributed by atoms with Gasteiger partial charge in [-0.3, -0.25) is 0 Å². The van der Waals surface area contributed by atoms with Gasteiger partial charge in [-0.05, 0) is 60.7 Å². The molecule has 0 saturated carbocycles. The first-order chi connectivity index (χ1) is 30.7. The summed E-state index contributed by atoms with van der Waals surface area (Å²) >= 11 is 0. The summed E-state index contributed by atoms with van der Waals surface area (Å²) in [4.78, 5) is 0. The van der Waals surface area contributed by atoms with Crippen LogP contribution >= 0.6 is 0 Å². The standard InChI is InChI=1S/C56H32N6/c57-33-35-31-39(61-50-25-13-9-21-42(50)45-28-27-44-40-19-7-11-23-48(40)59(53(44)54(45)61)37-15-3-1-4-16-37)32-36(34-58)52(35)62-51-26-14-10-22-43(51)47-30-29-46-41-20-8-12-24-49(41)60(55(46)56(47)62)38-17-5-2-6-18-38/h1-32H. The summed E-state index contributed by atoms with van der Waals surface area (Å²) in [6.45, 7) is 0. The summed E-state index contributed by atoms with van der Waals surface area (Å²) in [5.74, 6) is 0. The van der Waals surface area contributed by atoms with Crippen LogP contribution in [0.1, 0.15) is 11.1 Å². The normalized spacial score (nSPS) is 11.8. The first-order valence-electron chi connectivity index (χ1n) is 20.7. The zero-order valence-corrected chi connectivity index (χ0v) is 33.2. The van der Waals surface area contributed by atoms with Crippen LogP contribution in [0.15, 0.2) is 194 Å². The molecule has 13 rings (SSSR count). The summed E-state index contributed by atoms with van der Waals surface area (Å²) in [5.41, 5.74) is 12.3. The number of hydrogen-bond donors (Lipinski definition) is 0. The highest BCUT2D eigenvalue weighted by molar-refractivity contribution is 6.25. The molecule has 286 valence electrons. The molecule has 0 fully saturated rings. The van der Waals surface area contributed by atoms with Gasteiger partial charge in [0, 0.05) is 60.2 Å². The van der Waals surface area contributed by atoms with Crippen molar-refractivity contribution in [2.24, 2.45) is 0 Å². The fourth-order valence-electron chi connectivity index (χ4n) is 10.4. The largest absolute Gasteiger partial charge is 0.307 e. The van der Waals surface area contributed by atoms with Crippen molar-refractivity contribution in [2.75, 3.05) is 0 Å². The average molecular weight is 789 g/mol. The summed E-state index contributed by atoms with van der Waals surface area (Å²) < 4.78 is 9.10. The first-order valence-corrected chi connectivity index (χ1v) is 20.7. The van der Waals surface area contributed by atoms with E-state index >= 15 is 0 Å². The Morgan fingerprint density at radius 2 is 0.565 bits per heavy atom. The Hall–Kier alpha value is -8.84. The number of para-hydroxylation sites is 6. The second kappa shape index (κ2) is 12.8. The van der Waals surface area contributed by atoms with Gasteiger partial charge in [0.2, 0.25) is 0 Å². The van der Waals surface area contributed by atoms with E-state index in [4.69, 9.17) is 0 Å². The van der Waals surface area contributed by atoms with E-state index in [0.717, 1.165) is 104 Å². The molecule has 0 aliphatic carbocycles. The molecule has 9 aromatic carbocycles. The molecule has 0 N–H and O–H groups in total. The van der Waals surface area contributed by atoms with Crippen LogP contribution < -0.4 is 0 Å². The van der Waals surface area contributed by atoms with E-state index < -0.39 is 0 Å². The summed E-state index contributed by atoms with van der Waals surface area (Å²) in [5, 5.41) is 31.5. The zero-order valence-electron chi connectivity index (χ0n) is 33.2. The van der Waals surface area contributed by atoms with Gasteiger partial charge in [-0.1, -0.05) is 133 Å². The maximum absolute atomic E-state index is 11.4. The molecule has 4 aromatic heterocycles. The van der Waals surface area contributed by atoms with Crippen molar-refractivity contribution in [3.05, 3.63) is 205 Å². The van der Waals surface area contributed by atoms with Crippen molar-refractivity contribution in [2.45, 2.75) is 0 Å². The van der Waals surface area contributed by atoms with Crippen LogP contribution in [0.2, 0.25) is 0 Å². The van der Waals surface area contributed by atoms with Crippen LogP contribution in [0, 0.1) is 22.7 Å². The van der Waals surface area contributed by atoms with Crippen molar-refractivity contribution < 1.29 is 0 Å². The van der Waals surface area contributed by atoms with Gasteiger partial charge in [0.25, 0.3) is 0 Å². The molecule has 62 heavy (non-hydrogen) atoms. The minimum atomic E-state index is 0.405. The molecule has 0 spiro atoms. The van der Waals surface area contributed by atoms with Gasteiger partial charge < -0.3 is 18.3 Å². The van der Waals surface area contributed by atoms with Crippen molar-refractivity contribution in [1.29, 1.82) is 10.5 Å². The predicted molar refractivity (Wildman–Crippen MR) is 253 cm³/mol. The van der Waals surface area contributed by atoms with Gasteiger partial charge in [0.1, 0.15) is 12.1 Å². The molecule has 0 bridgehead atoms. The molecule has 0 aliphatic rings. The lowest BCUT2D eigenvalue weighted by Gasteiger charge is -2.17. The topological polar surface area (TPSA) is 67.3 Å². The van der Waals surface area contributed by atoms with Crippen LogP contribution in [0.5, 0.6) is 0 Å². The van der Waals surface area contributed by atoms with Gasteiger partial charge in [0.05, 0.1) is 60.9 Å². The van der Waals surface area contributed by atoms with E-state index in [0.29, 0.717) is 16.8 Å². The van der Waals surface area contributed by atoms with E-state index in [1.165, 1.54) is 0 Å². The molecule has 0 amide bonds. The highest BCUT2D eigenvalue weighted by atomic mass is 15.1. The number of aromatic nitrogens is 4. The number of nitriles is 2. The maximum Gasteiger partial charge on any atom is 0.101 e. The van der Waals surface area contributed by atoms with Gasteiger partial charge in [-0.2, -0.15) is 10.5 Å². The molecule has 4 heterocycles. The Labute approximate surface area is 354 Å². The Balaban J connectivity index is 1.18. The average Bonchev–Trinajstić information content (AvgIpc) is 4.07. The van der Waals surface area contributed by atoms with Gasteiger partial charge >= 0.3 is 0 Å². The van der Waals surface area contributed by atoms with Crippen molar-refractivity contribution in [1.82, 2.24) is 18.3 Å². The third-order valence-corrected chi connectivity index (χ3v) is 12.8. The number of fused-ring (bicyclic) bond motifs is 14. The number of hydrogen-bond acceptors (Lipinski definition) is 2. The Morgan fingerprint density at radius 1 is 0.274 bits per heavy atom. The van der Waals surface area contributed by atoms with E-state index in [1.54, 1.807) is 0 Å². The Kier molecular flexibility index (Phi) is 7.05. The summed E-state index contributed by atoms with van der Waals surface area (Å²) in [6.07, 6.45) is 0. The van der Waals surface area contributed by atoms with Crippen molar-refractivity contribution >= 4 is 87.2 Å². The Morgan fingerprint density at radius 3 is 0.919 bits per heavy atom. The molecular formula is C56H32N6. The summed E-state index contributed by atoms with van der Waals surface area (Å²) in [7, 11) is 0. The van der Waals surface area contributed by atoms with Crippen LogP contribution in [-0.2, 0) is 0 Å². The molecular weight excluding hydrogens is 757 g/mol. The fourth-order valence-corrected chi connectivity index (χ4v) is 10.4. The van der Waals surface area contributed by atoms with Gasteiger partial charge in [-0.25, -0.2) is 0 Å². The molecule has 0 atom stereocenters. The van der Waals surface area contributed by atoms with Crippen LogP contribution in [0.3, 0.4) is 0 Å². The number of benzene rings is 9. The van der Waals surface area contributed by atoms with Crippen LogP contribution in [0.25, 0.3) is 110 Å². The second-order valence-corrected chi connectivity index (χ2v) is 15.9. The molecule has 0 aliphatic heterocycles. The lowest BCUT2D eigenvalue weighted by molar-refractivity contribution is 1.11. The maximum atomic E-state index is 11.4. The van der Waals surface area contributed by atoms with Crippen LogP contribution in [0.4, 0.5) is 0 Å². The fraction of sp³-hybridized carbons (Fsp3) is 0. The van der Waals surface area contributed by atoms with Crippen molar-refractivity contribution in [3.8, 4) is 34.9 Å². The quantitative estimate of drug-likeness (QED) is 0.178. The van der Waals surface area contributed by atoms with E-state index in [1.807, 2.05) is 30.3 Å². The SMILES string of the molecule is N#Cc1cc(-n2c3ccccc3c3ccc4c5ccccc5n(-c5ccccc5)c4c32)cc(C#N)c1-n1c2ccccc2c2ccc3c4ccccc4n(-c4ccccc4)c3c21. The molecule has 6 heteroatoms. The molecule has 0 radical (unpaired) electrons. The van der Waals surface area contributed by atoms with Crippen LogP contribution in [-0.4, -0.2) is 18.3 Å². The minimum absolute atomic E-state index is 0.405. The number of rotatable bonds is 4. The monoisotopic (exact) mass is 788 g/mol. The van der Waals surface area contributed by atoms with E-state index in [9.17, 15) is 10.5 Å². The molecule has 6 nitrogen and oxygen atoms in total. The van der Waals surface area contributed by atoms with Gasteiger partial charge in [-0.15, -0.1) is 0 Å². The molecule has 0 saturated heterocycles. The first kappa shape index (κ1) is 34.1. The highest BCUT2D eigenvalue weighted by Crippen LogP contribution is 2.45. The Bertz CT molecular complexity index is 4070. The third-order valence-electron chi connectivity index (χ3n) is 12.8. The third kappa shape index (κ3) is 4.50. The lowest BCUT2D eigenvalue weighted by atomic mass is 10.0. The minimum Gasteiger partial charge on any atom is -0.307 e. The predicted octanol–water partition coefficient (Wildman–Crippen LogP) is 13.8. The number of nitrogens with zero attached hydrogens (tertiary/aromatic N) is 6. The van der Waals surface area contributed by atoms with Gasteiger partial charge in [0.15, 0.2) is 0 Å².